The molecule has 0 amide bonds. The van der Waals surface area contributed by atoms with Gasteiger partial charge in [-0.15, -0.1) is 0 Å². The Morgan fingerprint density at radius 1 is 1.44 bits per heavy atom. The highest BCUT2D eigenvalue weighted by Gasteiger charge is 2.16. The van der Waals surface area contributed by atoms with Gasteiger partial charge in [0.05, 0.1) is 22.0 Å². The summed E-state index contributed by atoms with van der Waals surface area (Å²) in [5.74, 6) is 0. The summed E-state index contributed by atoms with van der Waals surface area (Å²) in [5.41, 5.74) is 2.30. The van der Waals surface area contributed by atoms with Gasteiger partial charge in [-0.05, 0) is 49.7 Å². The Morgan fingerprint density at radius 3 is 2.56 bits per heavy atom. The number of aromatic nitrogens is 2. The van der Waals surface area contributed by atoms with Crippen molar-refractivity contribution in [2.24, 2.45) is 7.05 Å². The molecule has 0 fully saturated rings. The molecule has 0 saturated carbocycles. The molecule has 2 unspecified atom stereocenters. The van der Waals surface area contributed by atoms with Crippen LogP contribution in [-0.2, 0) is 18.2 Å². The van der Waals surface area contributed by atoms with Crippen LogP contribution in [0, 0.1) is 6.92 Å². The predicted molar refractivity (Wildman–Crippen MR) is 77.9 cm³/mol. The number of aryl methyl sites for hydroxylation is 2. The summed E-state index contributed by atoms with van der Waals surface area (Å²) in [7, 11) is 5.77. The fourth-order valence-electron chi connectivity index (χ4n) is 2.04. The van der Waals surface area contributed by atoms with Gasteiger partial charge in [0, 0.05) is 26.6 Å². The van der Waals surface area contributed by atoms with Crippen molar-refractivity contribution < 1.29 is 4.74 Å². The van der Waals surface area contributed by atoms with Crippen molar-refractivity contribution in [1.29, 1.82) is 0 Å². The van der Waals surface area contributed by atoms with Crippen molar-refractivity contribution in [2.75, 3.05) is 14.2 Å². The standard InChI is InChI=1S/C13H24BrN3O/c1-9(18-5)6-7-11(15-3)8-12-13(14)10(2)16-17(12)4/h9,11,15H,6-8H2,1-5H3. The van der Waals surface area contributed by atoms with Crippen LogP contribution in [0.4, 0.5) is 0 Å². The van der Waals surface area contributed by atoms with Gasteiger partial charge in [-0.1, -0.05) is 0 Å². The van der Waals surface area contributed by atoms with Gasteiger partial charge >= 0.3 is 0 Å². The van der Waals surface area contributed by atoms with Crippen LogP contribution >= 0.6 is 15.9 Å². The SMILES string of the molecule is CNC(CCC(C)OC)Cc1c(Br)c(C)nn1C. The van der Waals surface area contributed by atoms with Gasteiger partial charge < -0.3 is 10.1 Å². The van der Waals surface area contributed by atoms with Crippen LogP contribution in [-0.4, -0.2) is 36.1 Å². The molecule has 0 aliphatic carbocycles. The molecule has 0 aliphatic heterocycles. The van der Waals surface area contributed by atoms with Crippen LogP contribution in [0.3, 0.4) is 0 Å². The molecule has 4 nitrogen and oxygen atoms in total. The topological polar surface area (TPSA) is 39.1 Å². The molecule has 5 heteroatoms. The summed E-state index contributed by atoms with van der Waals surface area (Å²) < 4.78 is 8.38. The number of nitrogens with one attached hydrogen (secondary N) is 1. The lowest BCUT2D eigenvalue weighted by molar-refractivity contribution is 0.106. The summed E-state index contributed by atoms with van der Waals surface area (Å²) in [6.45, 7) is 4.13. The van der Waals surface area contributed by atoms with E-state index in [-0.39, 0.29) is 0 Å². The number of ether oxygens (including phenoxy) is 1. The van der Waals surface area contributed by atoms with Crippen LogP contribution in [0.1, 0.15) is 31.2 Å². The molecule has 1 heterocycles. The van der Waals surface area contributed by atoms with Crippen LogP contribution in [0.2, 0.25) is 0 Å². The zero-order valence-electron chi connectivity index (χ0n) is 12.0. The van der Waals surface area contributed by atoms with Gasteiger partial charge in [-0.2, -0.15) is 5.10 Å². The lowest BCUT2D eigenvalue weighted by Gasteiger charge is -2.18. The molecular formula is C13H24BrN3O. The first-order valence-electron chi connectivity index (χ1n) is 6.37. The molecule has 104 valence electrons. The highest BCUT2D eigenvalue weighted by Crippen LogP contribution is 2.22. The van der Waals surface area contributed by atoms with Crippen LogP contribution in [0.15, 0.2) is 4.47 Å². The third-order valence-corrected chi connectivity index (χ3v) is 4.47. The normalized spacial score (nSPS) is 14.8. The van der Waals surface area contributed by atoms with Gasteiger partial charge in [0.1, 0.15) is 0 Å². The zero-order valence-corrected chi connectivity index (χ0v) is 13.5. The van der Waals surface area contributed by atoms with E-state index in [0.717, 1.165) is 29.4 Å². The lowest BCUT2D eigenvalue weighted by Crippen LogP contribution is -2.29. The Hall–Kier alpha value is -0.390. The largest absolute Gasteiger partial charge is 0.382 e. The molecule has 0 saturated heterocycles. The van der Waals surface area contributed by atoms with Gasteiger partial charge in [0.2, 0.25) is 0 Å². The zero-order chi connectivity index (χ0) is 13.7. The molecule has 1 aromatic rings. The minimum atomic E-state index is 0.317. The van der Waals surface area contributed by atoms with E-state index in [1.807, 2.05) is 25.7 Å². The number of hydrogen-bond donors (Lipinski definition) is 1. The first kappa shape index (κ1) is 15.7. The third-order valence-electron chi connectivity index (χ3n) is 3.43. The van der Waals surface area contributed by atoms with Crippen molar-refractivity contribution in [2.45, 2.75) is 45.3 Å². The third kappa shape index (κ3) is 4.07. The summed E-state index contributed by atoms with van der Waals surface area (Å²) in [5, 5.41) is 7.80. The van der Waals surface area contributed by atoms with E-state index in [2.05, 4.69) is 33.3 Å². The molecule has 0 spiro atoms. The maximum atomic E-state index is 5.29. The maximum absolute atomic E-state index is 5.29. The second kappa shape index (κ2) is 7.26. The molecule has 0 aliphatic rings. The molecule has 1 rings (SSSR count). The quantitative estimate of drug-likeness (QED) is 0.839. The fraction of sp³-hybridized carbons (Fsp3) is 0.769. The molecular weight excluding hydrogens is 294 g/mol. The van der Waals surface area contributed by atoms with Crippen molar-refractivity contribution >= 4 is 15.9 Å². The van der Waals surface area contributed by atoms with Gasteiger partial charge in [0.15, 0.2) is 0 Å². The molecule has 0 aromatic carbocycles. The Morgan fingerprint density at radius 2 is 2.11 bits per heavy atom. The fourth-order valence-corrected chi connectivity index (χ4v) is 2.54. The van der Waals surface area contributed by atoms with E-state index in [4.69, 9.17) is 4.74 Å². The predicted octanol–water partition coefficient (Wildman–Crippen LogP) is 2.44. The summed E-state index contributed by atoms with van der Waals surface area (Å²) >= 11 is 3.62. The van der Waals surface area contributed by atoms with E-state index in [0.29, 0.717) is 12.1 Å². The van der Waals surface area contributed by atoms with Crippen LogP contribution < -0.4 is 5.32 Å². The van der Waals surface area contributed by atoms with Crippen LogP contribution in [0.25, 0.3) is 0 Å². The molecule has 1 aromatic heterocycles. The van der Waals surface area contributed by atoms with E-state index in [1.165, 1.54) is 5.69 Å². The molecule has 2 atom stereocenters. The Balaban J connectivity index is 2.62. The summed E-state index contributed by atoms with van der Waals surface area (Å²) in [4.78, 5) is 0. The molecule has 0 radical (unpaired) electrons. The van der Waals surface area contributed by atoms with Gasteiger partial charge in [-0.25, -0.2) is 0 Å². The van der Waals surface area contributed by atoms with E-state index < -0.39 is 0 Å². The monoisotopic (exact) mass is 317 g/mol. The average molecular weight is 318 g/mol. The Labute approximate surface area is 118 Å². The minimum absolute atomic E-state index is 0.317. The first-order valence-corrected chi connectivity index (χ1v) is 7.16. The highest BCUT2D eigenvalue weighted by atomic mass is 79.9. The second-order valence-electron chi connectivity index (χ2n) is 4.78. The lowest BCUT2D eigenvalue weighted by atomic mass is 10.0. The van der Waals surface area contributed by atoms with E-state index >= 15 is 0 Å². The molecule has 1 N–H and O–H groups in total. The molecule has 0 bridgehead atoms. The summed E-state index contributed by atoms with van der Waals surface area (Å²) in [6.07, 6.45) is 3.46. The van der Waals surface area contributed by atoms with Gasteiger partial charge in [0.25, 0.3) is 0 Å². The summed E-state index contributed by atoms with van der Waals surface area (Å²) in [6, 6.07) is 0.452. The average Bonchev–Trinajstić information content (AvgIpc) is 2.59. The van der Waals surface area contributed by atoms with E-state index in [9.17, 15) is 0 Å². The number of methoxy groups -OCH3 is 1. The highest BCUT2D eigenvalue weighted by molar-refractivity contribution is 9.10. The van der Waals surface area contributed by atoms with Gasteiger partial charge in [-0.3, -0.25) is 4.68 Å². The smallest absolute Gasteiger partial charge is 0.0738 e. The number of hydrogen-bond acceptors (Lipinski definition) is 3. The Bertz CT molecular complexity index is 379. The van der Waals surface area contributed by atoms with E-state index in [1.54, 1.807) is 7.11 Å². The van der Waals surface area contributed by atoms with Crippen molar-refractivity contribution in [3.05, 3.63) is 15.9 Å². The number of likely N-dealkylation sites (N-methyl/N-ethyl adjacent to an activating group) is 1. The van der Waals surface area contributed by atoms with Crippen molar-refractivity contribution in [3.8, 4) is 0 Å². The number of halogens is 1. The Kier molecular flexibility index (Phi) is 6.32. The van der Waals surface area contributed by atoms with Crippen molar-refractivity contribution in [3.63, 3.8) is 0 Å². The minimum Gasteiger partial charge on any atom is -0.382 e. The maximum Gasteiger partial charge on any atom is 0.0738 e. The number of rotatable bonds is 7. The number of nitrogens with zero attached hydrogens (tertiary/aromatic N) is 2. The molecule has 18 heavy (non-hydrogen) atoms. The second-order valence-corrected chi connectivity index (χ2v) is 5.58. The first-order chi connectivity index (χ1) is 8.49. The van der Waals surface area contributed by atoms with Crippen LogP contribution in [0.5, 0.6) is 0 Å². The van der Waals surface area contributed by atoms with Crippen molar-refractivity contribution in [1.82, 2.24) is 15.1 Å².